The predicted molar refractivity (Wildman–Crippen MR) is 115 cm³/mol. The van der Waals surface area contributed by atoms with Gasteiger partial charge in [-0.15, -0.1) is 0 Å². The third kappa shape index (κ3) is 4.91. The second-order valence-electron chi connectivity index (χ2n) is 7.43. The highest BCUT2D eigenvalue weighted by Crippen LogP contribution is 2.32. The zero-order chi connectivity index (χ0) is 21.7. The van der Waals surface area contributed by atoms with Crippen molar-refractivity contribution in [2.75, 3.05) is 32.1 Å². The molecule has 1 aliphatic rings. The van der Waals surface area contributed by atoms with Gasteiger partial charge in [-0.1, -0.05) is 25.0 Å². The summed E-state index contributed by atoms with van der Waals surface area (Å²) in [5.41, 5.74) is 1.06. The Kier molecular flexibility index (Phi) is 6.94. The summed E-state index contributed by atoms with van der Waals surface area (Å²) in [6, 6.07) is 11.6. The lowest BCUT2D eigenvalue weighted by atomic mass is 10.2. The smallest absolute Gasteiger partial charge is 0.293 e. The van der Waals surface area contributed by atoms with Crippen LogP contribution >= 0.6 is 0 Å². The van der Waals surface area contributed by atoms with E-state index in [0.29, 0.717) is 31.1 Å². The van der Waals surface area contributed by atoms with Crippen LogP contribution < -0.4 is 9.64 Å². The molecule has 0 unspecified atom stereocenters. The number of nitro groups is 1. The third-order valence-corrected chi connectivity index (χ3v) is 7.21. The van der Waals surface area contributed by atoms with Crippen LogP contribution in [0.15, 0.2) is 47.4 Å². The average Bonchev–Trinajstić information content (AvgIpc) is 3.03. The van der Waals surface area contributed by atoms with Crippen LogP contribution in [0.2, 0.25) is 0 Å². The van der Waals surface area contributed by atoms with Crippen LogP contribution in [0, 0.1) is 10.1 Å². The first kappa shape index (κ1) is 22.0. The summed E-state index contributed by atoms with van der Waals surface area (Å²) >= 11 is 0. The first-order valence-electron chi connectivity index (χ1n) is 9.95. The van der Waals surface area contributed by atoms with Gasteiger partial charge in [0, 0.05) is 32.7 Å². The van der Waals surface area contributed by atoms with Crippen LogP contribution in [0.3, 0.4) is 0 Å². The largest absolute Gasteiger partial charge is 0.497 e. The van der Waals surface area contributed by atoms with E-state index in [1.54, 1.807) is 19.1 Å². The molecule has 162 valence electrons. The number of anilines is 1. The van der Waals surface area contributed by atoms with E-state index in [-0.39, 0.29) is 10.6 Å². The molecular weight excluding hydrogens is 406 g/mol. The van der Waals surface area contributed by atoms with Gasteiger partial charge in [0.2, 0.25) is 10.0 Å². The molecular formula is C21H27N3O5S. The molecule has 9 heteroatoms. The van der Waals surface area contributed by atoms with Crippen molar-refractivity contribution in [1.82, 2.24) is 4.31 Å². The predicted octanol–water partition coefficient (Wildman–Crippen LogP) is 3.80. The molecule has 0 aromatic heterocycles. The molecule has 1 aliphatic heterocycles. The summed E-state index contributed by atoms with van der Waals surface area (Å²) in [5.74, 6) is 0.703. The maximum absolute atomic E-state index is 13.0. The second kappa shape index (κ2) is 9.44. The van der Waals surface area contributed by atoms with Gasteiger partial charge in [0.15, 0.2) is 0 Å². The molecule has 1 saturated heterocycles. The van der Waals surface area contributed by atoms with Crippen molar-refractivity contribution < 1.29 is 18.1 Å². The molecule has 0 bridgehead atoms. The monoisotopic (exact) mass is 433 g/mol. The Bertz CT molecular complexity index is 1000. The highest BCUT2D eigenvalue weighted by atomic mass is 32.2. The first-order chi connectivity index (χ1) is 14.3. The van der Waals surface area contributed by atoms with E-state index in [9.17, 15) is 18.5 Å². The van der Waals surface area contributed by atoms with E-state index in [2.05, 4.69) is 0 Å². The SMILES string of the molecule is COc1cccc(CN(C)c2ccc(S(=O)(=O)N3CCCCCC3)cc2[N+](=O)[O-])c1. The lowest BCUT2D eigenvalue weighted by molar-refractivity contribution is -0.384. The van der Waals surface area contributed by atoms with Crippen LogP contribution in [-0.4, -0.2) is 44.9 Å². The summed E-state index contributed by atoms with van der Waals surface area (Å²) in [6.45, 7) is 1.32. The molecule has 2 aromatic rings. The van der Waals surface area contributed by atoms with Gasteiger partial charge in [-0.3, -0.25) is 10.1 Å². The fourth-order valence-corrected chi connectivity index (χ4v) is 5.23. The number of hydrogen-bond donors (Lipinski definition) is 0. The number of nitro benzene ring substituents is 1. The molecule has 0 N–H and O–H groups in total. The van der Waals surface area contributed by atoms with Crippen molar-refractivity contribution in [2.45, 2.75) is 37.1 Å². The minimum absolute atomic E-state index is 0.0327. The quantitative estimate of drug-likeness (QED) is 0.487. The molecule has 1 fully saturated rings. The van der Waals surface area contributed by atoms with Crippen LogP contribution in [0.1, 0.15) is 31.2 Å². The number of sulfonamides is 1. The first-order valence-corrected chi connectivity index (χ1v) is 11.4. The van der Waals surface area contributed by atoms with Gasteiger partial charge < -0.3 is 9.64 Å². The normalized spacial score (nSPS) is 15.4. The molecule has 30 heavy (non-hydrogen) atoms. The van der Waals surface area contributed by atoms with Crippen molar-refractivity contribution in [3.8, 4) is 5.75 Å². The van der Waals surface area contributed by atoms with Crippen LogP contribution in [-0.2, 0) is 16.6 Å². The van der Waals surface area contributed by atoms with Gasteiger partial charge in [-0.2, -0.15) is 4.31 Å². The van der Waals surface area contributed by atoms with E-state index in [0.717, 1.165) is 31.2 Å². The molecule has 8 nitrogen and oxygen atoms in total. The van der Waals surface area contributed by atoms with Crippen molar-refractivity contribution in [3.63, 3.8) is 0 Å². The molecule has 1 heterocycles. The van der Waals surface area contributed by atoms with Crippen LogP contribution in [0.4, 0.5) is 11.4 Å². The fourth-order valence-electron chi connectivity index (χ4n) is 3.69. The fraction of sp³-hybridized carbons (Fsp3) is 0.429. The highest BCUT2D eigenvalue weighted by molar-refractivity contribution is 7.89. The Balaban J connectivity index is 1.90. The maximum atomic E-state index is 13.0. The second-order valence-corrected chi connectivity index (χ2v) is 9.37. The van der Waals surface area contributed by atoms with Crippen molar-refractivity contribution in [1.29, 1.82) is 0 Å². The van der Waals surface area contributed by atoms with Crippen molar-refractivity contribution in [3.05, 3.63) is 58.1 Å². The van der Waals surface area contributed by atoms with E-state index in [1.165, 1.54) is 22.5 Å². The van der Waals surface area contributed by atoms with Crippen molar-refractivity contribution in [2.24, 2.45) is 0 Å². The zero-order valence-electron chi connectivity index (χ0n) is 17.3. The van der Waals surface area contributed by atoms with Gasteiger partial charge in [-0.25, -0.2) is 8.42 Å². The topological polar surface area (TPSA) is 93.0 Å². The number of benzene rings is 2. The van der Waals surface area contributed by atoms with Crippen LogP contribution in [0.25, 0.3) is 0 Å². The molecule has 0 spiro atoms. The number of ether oxygens (including phenoxy) is 1. The number of methoxy groups -OCH3 is 1. The van der Waals surface area contributed by atoms with Gasteiger partial charge in [0.1, 0.15) is 11.4 Å². The van der Waals surface area contributed by atoms with Gasteiger partial charge in [-0.05, 0) is 42.7 Å². The van der Waals surface area contributed by atoms with Gasteiger partial charge in [0.05, 0.1) is 16.9 Å². The summed E-state index contributed by atoms with van der Waals surface area (Å²) in [5, 5.41) is 11.7. The number of nitrogens with zero attached hydrogens (tertiary/aromatic N) is 3. The lowest BCUT2D eigenvalue weighted by Gasteiger charge is -2.22. The minimum atomic E-state index is -3.76. The standard InChI is InChI=1S/C21H27N3O5S/c1-22(16-17-8-7-9-18(14-17)29-2)20-11-10-19(15-21(20)24(25)26)30(27,28)23-12-5-3-4-6-13-23/h7-11,14-15H,3-6,12-13,16H2,1-2H3. The summed E-state index contributed by atoms with van der Waals surface area (Å²) in [4.78, 5) is 12.9. The molecule has 0 amide bonds. The molecule has 3 rings (SSSR count). The Morgan fingerprint density at radius 2 is 1.80 bits per heavy atom. The van der Waals surface area contributed by atoms with E-state index in [4.69, 9.17) is 4.74 Å². The molecule has 0 radical (unpaired) electrons. The Morgan fingerprint density at radius 1 is 1.10 bits per heavy atom. The molecule has 0 aliphatic carbocycles. The third-order valence-electron chi connectivity index (χ3n) is 5.31. The Hall–Kier alpha value is -2.65. The minimum Gasteiger partial charge on any atom is -0.497 e. The summed E-state index contributed by atoms with van der Waals surface area (Å²) in [7, 11) is -0.437. The Morgan fingerprint density at radius 3 is 2.43 bits per heavy atom. The average molecular weight is 434 g/mol. The lowest BCUT2D eigenvalue weighted by Crippen LogP contribution is -2.32. The van der Waals surface area contributed by atoms with E-state index >= 15 is 0 Å². The van der Waals surface area contributed by atoms with E-state index < -0.39 is 14.9 Å². The van der Waals surface area contributed by atoms with Crippen molar-refractivity contribution >= 4 is 21.4 Å². The number of hydrogen-bond acceptors (Lipinski definition) is 6. The zero-order valence-corrected chi connectivity index (χ0v) is 18.1. The van der Waals surface area contributed by atoms with Crippen LogP contribution in [0.5, 0.6) is 5.75 Å². The molecule has 0 saturated carbocycles. The molecule has 0 atom stereocenters. The Labute approximate surface area is 177 Å². The number of rotatable bonds is 7. The highest BCUT2D eigenvalue weighted by Gasteiger charge is 2.28. The maximum Gasteiger partial charge on any atom is 0.293 e. The van der Waals surface area contributed by atoms with Gasteiger partial charge in [0.25, 0.3) is 5.69 Å². The summed E-state index contributed by atoms with van der Waals surface area (Å²) < 4.78 is 32.7. The summed E-state index contributed by atoms with van der Waals surface area (Å²) in [6.07, 6.45) is 3.62. The van der Waals surface area contributed by atoms with Gasteiger partial charge >= 0.3 is 0 Å². The molecule has 2 aromatic carbocycles. The van der Waals surface area contributed by atoms with E-state index in [1.807, 2.05) is 24.3 Å².